The fourth-order valence-electron chi connectivity index (χ4n) is 1.23. The Balaban J connectivity index is 3.02. The van der Waals surface area contributed by atoms with E-state index in [1.165, 1.54) is 11.8 Å². The van der Waals surface area contributed by atoms with E-state index in [0.29, 0.717) is 0 Å². The third-order valence-electron chi connectivity index (χ3n) is 2.44. The van der Waals surface area contributed by atoms with Crippen LogP contribution in [0.1, 0.15) is 17.3 Å². The third kappa shape index (κ3) is 4.19. The molecule has 1 unspecified atom stereocenters. The Labute approximate surface area is 115 Å². The maximum atomic E-state index is 13.2. The average Bonchev–Trinajstić information content (AvgIpc) is 2.35. The van der Waals surface area contributed by atoms with Crippen LogP contribution in [0.5, 0.6) is 0 Å². The molecule has 2 N–H and O–H groups in total. The molecule has 106 valence electrons. The Kier molecular flexibility index (Phi) is 5.33. The summed E-state index contributed by atoms with van der Waals surface area (Å²) in [6.07, 6.45) is 1.85. The number of carboxylic acid groups (broad SMARTS) is 1. The van der Waals surface area contributed by atoms with Crippen molar-refractivity contribution in [2.24, 2.45) is 0 Å². The van der Waals surface area contributed by atoms with Gasteiger partial charge >= 0.3 is 5.97 Å². The lowest BCUT2D eigenvalue weighted by atomic mass is 10.2. The topological polar surface area (TPSA) is 83.5 Å². The van der Waals surface area contributed by atoms with E-state index >= 15 is 0 Å². The molecule has 0 spiro atoms. The molecule has 0 aliphatic heterocycles. The van der Waals surface area contributed by atoms with Gasteiger partial charge in [-0.25, -0.2) is 22.3 Å². The lowest BCUT2D eigenvalue weighted by molar-refractivity contribution is 0.0691. The molecule has 8 heteroatoms. The summed E-state index contributed by atoms with van der Waals surface area (Å²) in [6, 6.07) is 2.67. The first-order valence-electron chi connectivity index (χ1n) is 5.33. The average molecular weight is 307 g/mol. The van der Waals surface area contributed by atoms with Crippen LogP contribution in [-0.2, 0) is 10.0 Å². The fourth-order valence-corrected chi connectivity index (χ4v) is 2.74. The molecule has 19 heavy (non-hydrogen) atoms. The van der Waals surface area contributed by atoms with Gasteiger partial charge in [0.05, 0.1) is 10.5 Å². The molecule has 0 aliphatic rings. The van der Waals surface area contributed by atoms with E-state index in [2.05, 4.69) is 4.72 Å². The van der Waals surface area contributed by atoms with Crippen molar-refractivity contribution in [2.75, 3.05) is 12.8 Å². The normalized spacial score (nSPS) is 13.2. The summed E-state index contributed by atoms with van der Waals surface area (Å²) >= 11 is 1.49. The van der Waals surface area contributed by atoms with Crippen molar-refractivity contribution in [3.05, 3.63) is 29.6 Å². The largest absolute Gasteiger partial charge is 0.478 e. The Morgan fingerprint density at radius 3 is 2.68 bits per heavy atom. The van der Waals surface area contributed by atoms with Gasteiger partial charge < -0.3 is 5.11 Å². The number of nitrogens with one attached hydrogen (secondary N) is 1. The van der Waals surface area contributed by atoms with Gasteiger partial charge in [0, 0.05) is 11.8 Å². The molecule has 0 fully saturated rings. The predicted molar refractivity (Wildman–Crippen MR) is 71.5 cm³/mol. The first kappa shape index (κ1) is 15.9. The highest BCUT2D eigenvalue weighted by molar-refractivity contribution is 7.99. The van der Waals surface area contributed by atoms with E-state index < -0.39 is 27.4 Å². The molecular weight excluding hydrogens is 293 g/mol. The van der Waals surface area contributed by atoms with Crippen LogP contribution in [0.3, 0.4) is 0 Å². The molecule has 0 heterocycles. The van der Waals surface area contributed by atoms with E-state index in [9.17, 15) is 17.6 Å². The zero-order chi connectivity index (χ0) is 14.6. The highest BCUT2D eigenvalue weighted by Crippen LogP contribution is 2.15. The highest BCUT2D eigenvalue weighted by Gasteiger charge is 2.19. The summed E-state index contributed by atoms with van der Waals surface area (Å²) < 4.78 is 39.3. The minimum atomic E-state index is -3.83. The number of halogens is 1. The minimum Gasteiger partial charge on any atom is -0.478 e. The standard InChI is InChI=1S/C11H14FNO4S2/c1-7(18-2)6-13-19(16,17)8-3-4-10(12)9(5-8)11(14)15/h3-5,7,13H,6H2,1-2H3,(H,14,15). The smallest absolute Gasteiger partial charge is 0.338 e. The Bertz CT molecular complexity index is 574. The molecule has 5 nitrogen and oxygen atoms in total. The van der Waals surface area contributed by atoms with Crippen molar-refractivity contribution in [3.63, 3.8) is 0 Å². The monoisotopic (exact) mass is 307 g/mol. The van der Waals surface area contributed by atoms with Crippen LogP contribution in [0, 0.1) is 5.82 Å². The van der Waals surface area contributed by atoms with Crippen LogP contribution in [0.15, 0.2) is 23.1 Å². The quantitative estimate of drug-likeness (QED) is 0.833. The predicted octanol–water partition coefficient (Wildman–Crippen LogP) is 1.55. The maximum absolute atomic E-state index is 13.2. The third-order valence-corrected chi connectivity index (χ3v) is 4.83. The van der Waals surface area contributed by atoms with Gasteiger partial charge in [-0.2, -0.15) is 11.8 Å². The Hall–Kier alpha value is -1.12. The SMILES string of the molecule is CSC(C)CNS(=O)(=O)c1ccc(F)c(C(=O)O)c1. The molecule has 0 saturated heterocycles. The minimum absolute atomic E-state index is 0.0779. The summed E-state index contributed by atoms with van der Waals surface area (Å²) in [7, 11) is -3.83. The first-order chi connectivity index (χ1) is 8.77. The number of hydrogen-bond donors (Lipinski definition) is 2. The van der Waals surface area contributed by atoms with Gasteiger partial charge in [-0.15, -0.1) is 0 Å². The van der Waals surface area contributed by atoms with E-state index in [0.717, 1.165) is 18.2 Å². The van der Waals surface area contributed by atoms with Crippen LogP contribution in [0.4, 0.5) is 4.39 Å². The van der Waals surface area contributed by atoms with Crippen molar-refractivity contribution < 1.29 is 22.7 Å². The van der Waals surface area contributed by atoms with Crippen LogP contribution >= 0.6 is 11.8 Å². The first-order valence-corrected chi connectivity index (χ1v) is 8.10. The molecule has 1 rings (SSSR count). The van der Waals surface area contributed by atoms with Crippen molar-refractivity contribution in [1.29, 1.82) is 0 Å². The molecule has 1 aromatic rings. The second kappa shape index (κ2) is 6.36. The maximum Gasteiger partial charge on any atom is 0.338 e. The van der Waals surface area contributed by atoms with Gasteiger partial charge in [0.1, 0.15) is 5.82 Å². The summed E-state index contributed by atoms with van der Waals surface area (Å²) in [4.78, 5) is 10.5. The van der Waals surface area contributed by atoms with E-state index in [-0.39, 0.29) is 16.7 Å². The number of carbonyl (C=O) groups is 1. The van der Waals surface area contributed by atoms with Gasteiger partial charge in [0.25, 0.3) is 0 Å². The molecule has 1 atom stereocenters. The molecule has 0 bridgehead atoms. The van der Waals surface area contributed by atoms with Crippen molar-refractivity contribution in [2.45, 2.75) is 17.1 Å². The molecule has 0 radical (unpaired) electrons. The fraction of sp³-hybridized carbons (Fsp3) is 0.364. The number of aromatic carboxylic acids is 1. The zero-order valence-corrected chi connectivity index (χ0v) is 12.0. The van der Waals surface area contributed by atoms with Gasteiger partial charge in [-0.3, -0.25) is 0 Å². The number of carboxylic acids is 1. The van der Waals surface area contributed by atoms with Gasteiger partial charge in [0.2, 0.25) is 10.0 Å². The molecule has 0 aliphatic carbocycles. The van der Waals surface area contributed by atoms with Crippen LogP contribution in [0.2, 0.25) is 0 Å². The molecule has 0 saturated carbocycles. The van der Waals surface area contributed by atoms with Crippen LogP contribution < -0.4 is 4.72 Å². The lowest BCUT2D eigenvalue weighted by Crippen LogP contribution is -2.29. The van der Waals surface area contributed by atoms with E-state index in [4.69, 9.17) is 5.11 Å². The number of sulfonamides is 1. The molecule has 0 aromatic heterocycles. The van der Waals surface area contributed by atoms with Gasteiger partial charge in [-0.05, 0) is 24.5 Å². The summed E-state index contributed by atoms with van der Waals surface area (Å²) in [6.45, 7) is 2.06. The van der Waals surface area contributed by atoms with Gasteiger partial charge in [0.15, 0.2) is 0 Å². The number of thioether (sulfide) groups is 1. The highest BCUT2D eigenvalue weighted by atomic mass is 32.2. The van der Waals surface area contributed by atoms with E-state index in [1.807, 2.05) is 13.2 Å². The number of hydrogen-bond acceptors (Lipinski definition) is 4. The molecular formula is C11H14FNO4S2. The second-order valence-corrected chi connectivity index (χ2v) is 6.89. The van der Waals surface area contributed by atoms with Crippen LogP contribution in [-0.4, -0.2) is 37.5 Å². The number of rotatable bonds is 6. The van der Waals surface area contributed by atoms with Gasteiger partial charge in [-0.1, -0.05) is 6.92 Å². The lowest BCUT2D eigenvalue weighted by Gasteiger charge is -2.11. The zero-order valence-electron chi connectivity index (χ0n) is 10.4. The van der Waals surface area contributed by atoms with Crippen molar-refractivity contribution in [3.8, 4) is 0 Å². The Morgan fingerprint density at radius 2 is 2.16 bits per heavy atom. The summed E-state index contributed by atoms with van der Waals surface area (Å²) in [5, 5.41) is 8.83. The number of benzene rings is 1. The van der Waals surface area contributed by atoms with Crippen molar-refractivity contribution >= 4 is 27.8 Å². The molecule has 0 amide bonds. The summed E-state index contributed by atoms with van der Waals surface area (Å²) in [5.41, 5.74) is -0.666. The Morgan fingerprint density at radius 1 is 1.53 bits per heavy atom. The van der Waals surface area contributed by atoms with Crippen LogP contribution in [0.25, 0.3) is 0 Å². The second-order valence-electron chi connectivity index (χ2n) is 3.85. The van der Waals surface area contributed by atoms with E-state index in [1.54, 1.807) is 0 Å². The summed E-state index contributed by atoms with van der Waals surface area (Å²) in [5.74, 6) is -2.48. The molecule has 1 aromatic carbocycles. The van der Waals surface area contributed by atoms with Crippen molar-refractivity contribution in [1.82, 2.24) is 4.72 Å².